The number of hydrogen-bond donors (Lipinski definition) is 0. The van der Waals surface area contributed by atoms with Crippen LogP contribution in [0.2, 0.25) is 0 Å². The van der Waals surface area contributed by atoms with E-state index in [4.69, 9.17) is 0 Å². The lowest BCUT2D eigenvalue weighted by Crippen LogP contribution is -2.42. The van der Waals surface area contributed by atoms with Gasteiger partial charge in [-0.1, -0.05) is 22.6 Å². The number of pyridine rings is 2. The van der Waals surface area contributed by atoms with Gasteiger partial charge >= 0.3 is 0 Å². The minimum atomic E-state index is 0.448. The molecule has 3 nitrogen and oxygen atoms in total. The molecule has 0 bridgehead atoms. The monoisotopic (exact) mass is 380 g/mol. The van der Waals surface area contributed by atoms with Gasteiger partial charge in [0.1, 0.15) is 11.6 Å². The Bertz CT molecular complexity index is 652. The second-order valence-corrected chi connectivity index (χ2v) is 6.17. The Morgan fingerprint density at radius 3 is 3.05 bits per heavy atom. The summed E-state index contributed by atoms with van der Waals surface area (Å²) in [5.74, 6) is 1.04. The number of alkyl halides is 1. The third-order valence-electron chi connectivity index (χ3n) is 3.15. The van der Waals surface area contributed by atoms with Gasteiger partial charge in [0.15, 0.2) is 6.04 Å². The molecule has 0 fully saturated rings. The summed E-state index contributed by atoms with van der Waals surface area (Å²) in [6, 6.07) is 10.7. The van der Waals surface area contributed by atoms with E-state index in [1.165, 1.54) is 0 Å². The van der Waals surface area contributed by atoms with Crippen LogP contribution < -0.4 is 4.57 Å². The van der Waals surface area contributed by atoms with Crippen molar-refractivity contribution < 1.29 is 4.57 Å². The third kappa shape index (κ3) is 2.23. The summed E-state index contributed by atoms with van der Waals surface area (Å²) in [6.45, 7) is 0. The fraction of sp³-hybridized carbons (Fsp3) is 0.214. The van der Waals surface area contributed by atoms with Gasteiger partial charge in [0.25, 0.3) is 5.03 Å². The predicted molar refractivity (Wildman–Crippen MR) is 83.2 cm³/mol. The van der Waals surface area contributed by atoms with Crippen LogP contribution in [-0.2, 0) is 0 Å². The van der Waals surface area contributed by atoms with Crippen molar-refractivity contribution in [1.29, 1.82) is 5.26 Å². The third-order valence-corrected chi connectivity index (χ3v) is 5.41. The van der Waals surface area contributed by atoms with Crippen LogP contribution in [0.25, 0.3) is 11.3 Å². The summed E-state index contributed by atoms with van der Waals surface area (Å²) in [6.07, 6.45) is 3.66. The lowest BCUT2D eigenvalue weighted by molar-refractivity contribution is -0.732. The first-order valence-corrected chi connectivity index (χ1v) is 8.44. The summed E-state index contributed by atoms with van der Waals surface area (Å²) >= 11 is 4.19. The Morgan fingerprint density at radius 1 is 1.47 bits per heavy atom. The summed E-state index contributed by atoms with van der Waals surface area (Å²) in [7, 11) is 0. The topological polar surface area (TPSA) is 40.6 Å². The summed E-state index contributed by atoms with van der Waals surface area (Å²) in [5.41, 5.74) is 3.02. The molecule has 0 spiro atoms. The second-order valence-electron chi connectivity index (χ2n) is 4.28. The minimum Gasteiger partial charge on any atom is -0.264 e. The predicted octanol–water partition coefficient (Wildman–Crippen LogP) is 2.99. The van der Waals surface area contributed by atoms with Crippen LogP contribution in [0.1, 0.15) is 11.6 Å². The normalized spacial score (nSPS) is 16.9. The number of hydrogen-bond acceptors (Lipinski definition) is 3. The van der Waals surface area contributed by atoms with Crippen LogP contribution in [0.15, 0.2) is 41.7 Å². The number of nitriles is 1. The average Bonchev–Trinajstić information content (AvgIpc) is 2.91. The van der Waals surface area contributed by atoms with Gasteiger partial charge in [-0.05, 0) is 30.0 Å². The Kier molecular flexibility index (Phi) is 3.71. The highest BCUT2D eigenvalue weighted by molar-refractivity contribution is 14.1. The molecule has 1 atom stereocenters. The Balaban J connectivity index is 2.23. The maximum absolute atomic E-state index is 9.23. The number of fused-ring (bicyclic) bond motifs is 1. The molecule has 94 valence electrons. The summed E-state index contributed by atoms with van der Waals surface area (Å²) < 4.78 is 3.34. The standard InChI is InChI=1S/C14H11IN3S/c15-6-12-9-19-14-10(7-16)3-4-13(18(12)14)11-2-1-5-17-8-11/h1-5,8,12H,6,9H2/q+1. The summed E-state index contributed by atoms with van der Waals surface area (Å²) in [5, 5.41) is 10.3. The molecule has 0 N–H and O–H groups in total. The van der Waals surface area contributed by atoms with Crippen LogP contribution in [-0.4, -0.2) is 15.2 Å². The summed E-state index contributed by atoms with van der Waals surface area (Å²) in [4.78, 5) is 4.19. The van der Waals surface area contributed by atoms with Gasteiger partial charge in [-0.3, -0.25) is 4.98 Å². The number of rotatable bonds is 2. The van der Waals surface area contributed by atoms with Crippen molar-refractivity contribution in [2.75, 3.05) is 10.2 Å². The minimum absolute atomic E-state index is 0.448. The number of thioether (sulfide) groups is 1. The highest BCUT2D eigenvalue weighted by Gasteiger charge is 2.36. The van der Waals surface area contributed by atoms with Gasteiger partial charge in [-0.2, -0.15) is 9.83 Å². The molecule has 1 aliphatic heterocycles. The van der Waals surface area contributed by atoms with Crippen LogP contribution in [0.3, 0.4) is 0 Å². The van der Waals surface area contributed by atoms with Crippen molar-refractivity contribution in [2.24, 2.45) is 0 Å². The van der Waals surface area contributed by atoms with Crippen molar-refractivity contribution in [2.45, 2.75) is 11.1 Å². The first-order valence-electron chi connectivity index (χ1n) is 5.93. The highest BCUT2D eigenvalue weighted by Crippen LogP contribution is 2.33. The molecule has 0 aromatic carbocycles. The molecule has 0 amide bonds. The number of halogens is 1. The number of aromatic nitrogens is 2. The molecule has 1 unspecified atom stereocenters. The molecular formula is C14H11IN3S+. The molecule has 5 heteroatoms. The number of nitrogens with zero attached hydrogens (tertiary/aromatic N) is 3. The highest BCUT2D eigenvalue weighted by atomic mass is 127. The van der Waals surface area contributed by atoms with Crippen LogP contribution in [0.4, 0.5) is 0 Å². The Labute approximate surface area is 129 Å². The maximum Gasteiger partial charge on any atom is 0.259 e. The zero-order valence-corrected chi connectivity index (χ0v) is 13.1. The SMILES string of the molecule is N#Cc1ccc(-c2cccnc2)[n+]2c1SCC2CI. The van der Waals surface area contributed by atoms with E-state index in [2.05, 4.69) is 44.3 Å². The first kappa shape index (κ1) is 12.9. The largest absolute Gasteiger partial charge is 0.264 e. The van der Waals surface area contributed by atoms with E-state index in [1.54, 1.807) is 18.0 Å². The molecule has 0 saturated heterocycles. The van der Waals surface area contributed by atoms with E-state index < -0.39 is 0 Å². The maximum atomic E-state index is 9.23. The van der Waals surface area contributed by atoms with Crippen LogP contribution in [0.5, 0.6) is 0 Å². The molecule has 0 aliphatic carbocycles. The molecule has 2 aromatic heterocycles. The molecular weight excluding hydrogens is 369 g/mol. The van der Waals surface area contributed by atoms with Crippen molar-refractivity contribution in [3.63, 3.8) is 0 Å². The van der Waals surface area contributed by atoms with E-state index in [-0.39, 0.29) is 0 Å². The zero-order valence-electron chi connectivity index (χ0n) is 10.1. The van der Waals surface area contributed by atoms with Crippen molar-refractivity contribution in [3.05, 3.63) is 42.2 Å². The lowest BCUT2D eigenvalue weighted by Gasteiger charge is -2.07. The fourth-order valence-electron chi connectivity index (χ4n) is 2.26. The van der Waals surface area contributed by atoms with E-state index >= 15 is 0 Å². The van der Waals surface area contributed by atoms with E-state index in [0.717, 1.165) is 32.0 Å². The van der Waals surface area contributed by atoms with Gasteiger partial charge in [-0.25, -0.2) is 0 Å². The molecule has 0 saturated carbocycles. The fourth-order valence-corrected chi connectivity index (χ4v) is 4.66. The first-order chi connectivity index (χ1) is 9.35. The van der Waals surface area contributed by atoms with E-state index in [1.807, 2.05) is 24.4 Å². The van der Waals surface area contributed by atoms with E-state index in [9.17, 15) is 5.26 Å². The van der Waals surface area contributed by atoms with Crippen LogP contribution >= 0.6 is 34.4 Å². The average molecular weight is 380 g/mol. The molecule has 3 rings (SSSR count). The van der Waals surface area contributed by atoms with Gasteiger partial charge < -0.3 is 0 Å². The van der Waals surface area contributed by atoms with E-state index in [0.29, 0.717) is 6.04 Å². The molecule has 2 aromatic rings. The van der Waals surface area contributed by atoms with Gasteiger partial charge in [0.2, 0.25) is 5.69 Å². The van der Waals surface area contributed by atoms with Crippen LogP contribution in [0, 0.1) is 11.3 Å². The van der Waals surface area contributed by atoms with Gasteiger partial charge in [0.05, 0.1) is 15.7 Å². The molecule has 3 heterocycles. The van der Waals surface area contributed by atoms with Gasteiger partial charge in [-0.15, -0.1) is 0 Å². The quantitative estimate of drug-likeness (QED) is 0.457. The van der Waals surface area contributed by atoms with Crippen molar-refractivity contribution in [1.82, 2.24) is 4.98 Å². The van der Waals surface area contributed by atoms with Gasteiger partial charge in [0, 0.05) is 18.5 Å². The second kappa shape index (κ2) is 5.47. The van der Waals surface area contributed by atoms with Crippen molar-refractivity contribution in [3.8, 4) is 17.3 Å². The zero-order chi connectivity index (χ0) is 13.2. The Hall–Kier alpha value is -1.13. The lowest BCUT2D eigenvalue weighted by atomic mass is 10.1. The smallest absolute Gasteiger partial charge is 0.259 e. The molecule has 0 radical (unpaired) electrons. The molecule has 19 heavy (non-hydrogen) atoms. The Morgan fingerprint density at radius 2 is 2.37 bits per heavy atom. The molecule has 1 aliphatic rings. The van der Waals surface area contributed by atoms with Crippen molar-refractivity contribution >= 4 is 34.4 Å².